The molecule has 94 valence electrons. The van der Waals surface area contributed by atoms with Crippen molar-refractivity contribution >= 4 is 23.3 Å². The van der Waals surface area contributed by atoms with E-state index in [-0.39, 0.29) is 23.2 Å². The molecule has 0 fully saturated rings. The van der Waals surface area contributed by atoms with Gasteiger partial charge in [-0.3, -0.25) is 4.79 Å². The highest BCUT2D eigenvalue weighted by atomic mass is 19.1. The van der Waals surface area contributed by atoms with Crippen LogP contribution in [0.5, 0.6) is 0 Å². The van der Waals surface area contributed by atoms with Crippen LogP contribution in [-0.2, 0) is 14.3 Å². The molecule has 6 heteroatoms. The first kappa shape index (κ1) is 12.1. The molecule has 1 amide bonds. The van der Waals surface area contributed by atoms with Gasteiger partial charge < -0.3 is 15.2 Å². The van der Waals surface area contributed by atoms with Crippen molar-refractivity contribution in [1.29, 1.82) is 0 Å². The summed E-state index contributed by atoms with van der Waals surface area (Å²) in [7, 11) is 1.14. The third-order valence-electron chi connectivity index (χ3n) is 2.57. The fourth-order valence-corrected chi connectivity index (χ4v) is 1.71. The summed E-state index contributed by atoms with van der Waals surface area (Å²) in [5, 5.41) is 12.4. The van der Waals surface area contributed by atoms with Gasteiger partial charge in [-0.05, 0) is 18.2 Å². The van der Waals surface area contributed by atoms with Crippen molar-refractivity contribution in [2.45, 2.75) is 6.42 Å². The number of fused-ring (bicyclic) bond motifs is 1. The van der Waals surface area contributed by atoms with Gasteiger partial charge in [0.05, 0.1) is 24.8 Å². The molecule has 5 nitrogen and oxygen atoms in total. The number of hydrogen-bond acceptors (Lipinski definition) is 4. The Balaban J connectivity index is 2.63. The number of anilines is 1. The van der Waals surface area contributed by atoms with Crippen molar-refractivity contribution in [1.82, 2.24) is 0 Å². The van der Waals surface area contributed by atoms with E-state index in [0.29, 0.717) is 0 Å². The van der Waals surface area contributed by atoms with Gasteiger partial charge >= 0.3 is 5.97 Å². The second-order valence-electron chi connectivity index (χ2n) is 3.73. The van der Waals surface area contributed by atoms with Crippen LogP contribution in [0.1, 0.15) is 12.0 Å². The van der Waals surface area contributed by atoms with Crippen LogP contribution in [0, 0.1) is 5.82 Å². The molecule has 1 aromatic carbocycles. The van der Waals surface area contributed by atoms with Crippen molar-refractivity contribution in [2.24, 2.45) is 0 Å². The number of amides is 1. The zero-order valence-corrected chi connectivity index (χ0v) is 9.49. The predicted molar refractivity (Wildman–Crippen MR) is 61.2 cm³/mol. The fraction of sp³-hybridized carbons (Fsp3) is 0.167. The lowest BCUT2D eigenvalue weighted by Gasteiger charge is -2.07. The van der Waals surface area contributed by atoms with E-state index in [1.54, 1.807) is 0 Å². The highest BCUT2D eigenvalue weighted by molar-refractivity contribution is 6.08. The first-order valence-corrected chi connectivity index (χ1v) is 5.13. The van der Waals surface area contributed by atoms with Gasteiger partial charge in [-0.2, -0.15) is 0 Å². The summed E-state index contributed by atoms with van der Waals surface area (Å²) in [4.78, 5) is 23.0. The average Bonchev–Trinajstić information content (AvgIpc) is 2.47. The minimum absolute atomic E-state index is 0.0567. The largest absolute Gasteiger partial charge is 0.507 e. The minimum Gasteiger partial charge on any atom is -0.507 e. The highest BCUT2D eigenvalue weighted by Crippen LogP contribution is 2.30. The Bertz CT molecular complexity index is 565. The third-order valence-corrected chi connectivity index (χ3v) is 2.57. The zero-order valence-electron chi connectivity index (χ0n) is 9.49. The maximum absolute atomic E-state index is 13.1. The normalized spacial score (nSPS) is 14.7. The summed E-state index contributed by atoms with van der Waals surface area (Å²) in [5.74, 6) is -2.33. The first-order valence-electron chi connectivity index (χ1n) is 5.13. The lowest BCUT2D eigenvalue weighted by atomic mass is 10.1. The number of halogens is 1. The molecule has 1 aliphatic heterocycles. The van der Waals surface area contributed by atoms with Gasteiger partial charge in [-0.25, -0.2) is 9.18 Å². The number of rotatable bonds is 1. The quantitative estimate of drug-likeness (QED) is 0.743. The number of aliphatic hydroxyl groups excluding tert-OH is 1. The molecule has 0 unspecified atom stereocenters. The smallest absolute Gasteiger partial charge is 0.338 e. The molecule has 1 heterocycles. The van der Waals surface area contributed by atoms with Gasteiger partial charge in [0, 0.05) is 5.56 Å². The Morgan fingerprint density at radius 1 is 1.50 bits per heavy atom. The number of hydrogen-bond donors (Lipinski definition) is 2. The van der Waals surface area contributed by atoms with Crippen LogP contribution in [0.2, 0.25) is 0 Å². The third kappa shape index (κ3) is 2.04. The number of ether oxygens (including phenoxy) is 1. The standard InChI is InChI=1S/C12H10FNO4/c1-18-12(17)8-5-10(15)14-9-3-2-6(13)4-7(9)11(8)16/h2-4,16H,5H2,1H3,(H,14,15). The fourth-order valence-electron chi connectivity index (χ4n) is 1.71. The van der Waals surface area contributed by atoms with E-state index in [2.05, 4.69) is 10.1 Å². The molecule has 0 spiro atoms. The van der Waals surface area contributed by atoms with Crippen LogP contribution in [0.15, 0.2) is 23.8 Å². The molecule has 0 saturated heterocycles. The van der Waals surface area contributed by atoms with Crippen molar-refractivity contribution in [3.05, 3.63) is 35.2 Å². The van der Waals surface area contributed by atoms with Crippen LogP contribution in [0.3, 0.4) is 0 Å². The Morgan fingerprint density at radius 2 is 2.22 bits per heavy atom. The summed E-state index contributed by atoms with van der Waals surface area (Å²) in [6.45, 7) is 0. The Labute approximate surface area is 102 Å². The average molecular weight is 251 g/mol. The summed E-state index contributed by atoms with van der Waals surface area (Å²) < 4.78 is 17.6. The number of carbonyl (C=O) groups is 2. The predicted octanol–water partition coefficient (Wildman–Crippen LogP) is 1.61. The molecule has 0 aromatic heterocycles. The van der Waals surface area contributed by atoms with E-state index >= 15 is 0 Å². The van der Waals surface area contributed by atoms with Crippen LogP contribution >= 0.6 is 0 Å². The van der Waals surface area contributed by atoms with Gasteiger partial charge in [-0.15, -0.1) is 0 Å². The molecule has 0 bridgehead atoms. The van der Waals surface area contributed by atoms with E-state index in [4.69, 9.17) is 0 Å². The summed E-state index contributed by atoms with van der Waals surface area (Å²) >= 11 is 0. The number of methoxy groups -OCH3 is 1. The number of aliphatic hydroxyl groups is 1. The van der Waals surface area contributed by atoms with Gasteiger partial charge in [-0.1, -0.05) is 0 Å². The molecule has 2 rings (SSSR count). The highest BCUT2D eigenvalue weighted by Gasteiger charge is 2.26. The molecule has 2 N–H and O–H groups in total. The summed E-state index contributed by atoms with van der Waals surface area (Å²) in [5.41, 5.74) is 0.110. The van der Waals surface area contributed by atoms with Gasteiger partial charge in [0.1, 0.15) is 11.6 Å². The van der Waals surface area contributed by atoms with Crippen molar-refractivity contribution in [3.63, 3.8) is 0 Å². The number of nitrogens with one attached hydrogen (secondary N) is 1. The molecule has 0 atom stereocenters. The van der Waals surface area contributed by atoms with E-state index in [1.165, 1.54) is 6.07 Å². The van der Waals surface area contributed by atoms with E-state index in [1.807, 2.05) is 0 Å². The number of esters is 1. The van der Waals surface area contributed by atoms with Crippen LogP contribution in [0.25, 0.3) is 5.76 Å². The van der Waals surface area contributed by atoms with Gasteiger partial charge in [0.25, 0.3) is 0 Å². The number of carbonyl (C=O) groups excluding carboxylic acids is 2. The number of benzene rings is 1. The summed E-state index contributed by atoms with van der Waals surface area (Å²) in [6.07, 6.45) is -0.325. The Morgan fingerprint density at radius 3 is 2.89 bits per heavy atom. The first-order chi connectivity index (χ1) is 8.52. The molecular weight excluding hydrogens is 241 g/mol. The second kappa shape index (κ2) is 4.48. The lowest BCUT2D eigenvalue weighted by Crippen LogP contribution is -2.14. The molecule has 0 radical (unpaired) electrons. The lowest BCUT2D eigenvalue weighted by molar-refractivity contribution is -0.137. The van der Waals surface area contributed by atoms with E-state index in [9.17, 15) is 19.1 Å². The van der Waals surface area contributed by atoms with Crippen molar-refractivity contribution < 1.29 is 23.8 Å². The molecule has 0 saturated carbocycles. The summed E-state index contributed by atoms with van der Waals surface area (Å²) in [6, 6.07) is 3.51. The maximum atomic E-state index is 13.1. The van der Waals surface area contributed by atoms with E-state index < -0.39 is 23.5 Å². The van der Waals surface area contributed by atoms with Crippen molar-refractivity contribution in [2.75, 3.05) is 12.4 Å². The molecule has 0 aliphatic carbocycles. The Kier molecular flexibility index (Phi) is 3.01. The SMILES string of the molecule is COC(=O)C1=C(O)c2cc(F)ccc2NC(=O)C1. The monoisotopic (exact) mass is 251 g/mol. The molecule has 18 heavy (non-hydrogen) atoms. The van der Waals surface area contributed by atoms with Crippen LogP contribution < -0.4 is 5.32 Å². The molecular formula is C12H10FNO4. The van der Waals surface area contributed by atoms with Gasteiger partial charge in [0.2, 0.25) is 5.91 Å². The molecule has 1 aliphatic rings. The minimum atomic E-state index is -0.820. The second-order valence-corrected chi connectivity index (χ2v) is 3.73. The van der Waals surface area contributed by atoms with Gasteiger partial charge in [0.15, 0.2) is 0 Å². The topological polar surface area (TPSA) is 75.6 Å². The zero-order chi connectivity index (χ0) is 13.3. The van der Waals surface area contributed by atoms with E-state index in [0.717, 1.165) is 19.2 Å². The van der Waals surface area contributed by atoms with Crippen LogP contribution in [0.4, 0.5) is 10.1 Å². The van der Waals surface area contributed by atoms with Crippen molar-refractivity contribution in [3.8, 4) is 0 Å². The molecule has 1 aromatic rings. The van der Waals surface area contributed by atoms with Crippen LogP contribution in [-0.4, -0.2) is 24.1 Å². The Hall–Kier alpha value is -2.37. The maximum Gasteiger partial charge on any atom is 0.338 e.